The average Bonchev–Trinajstić information content (AvgIpc) is 3.04. The molecule has 1 N–H and O–H groups in total. The van der Waals surface area contributed by atoms with E-state index < -0.39 is 24.4 Å². The number of nitrogens with one attached hydrogen (secondary N) is 1. The summed E-state index contributed by atoms with van der Waals surface area (Å²) in [6.45, 7) is 3.64. The maximum Gasteiger partial charge on any atom is 0.311 e. The lowest BCUT2D eigenvalue weighted by atomic mass is 10.1. The summed E-state index contributed by atoms with van der Waals surface area (Å²) in [5.74, 6) is -1.82. The first-order valence-electron chi connectivity index (χ1n) is 8.94. The average molecular weight is 401 g/mol. The van der Waals surface area contributed by atoms with Gasteiger partial charge in [-0.05, 0) is 37.6 Å². The van der Waals surface area contributed by atoms with E-state index in [1.807, 2.05) is 32.0 Å². The third-order valence-electron chi connectivity index (χ3n) is 4.60. The summed E-state index contributed by atoms with van der Waals surface area (Å²) < 4.78 is 5.12. The molecule has 1 heterocycles. The maximum atomic E-state index is 12.3. The molecule has 0 radical (unpaired) electrons. The number of hydrogen-bond donors (Lipinski definition) is 1. The Morgan fingerprint density at radius 1 is 1.21 bits per heavy atom. The van der Waals surface area contributed by atoms with Crippen LogP contribution in [-0.2, 0) is 19.1 Å². The molecule has 0 unspecified atom stereocenters. The van der Waals surface area contributed by atoms with Crippen LogP contribution in [0.15, 0.2) is 42.5 Å². The van der Waals surface area contributed by atoms with E-state index in [0.717, 1.165) is 11.1 Å². The molecule has 146 valence electrons. The summed E-state index contributed by atoms with van der Waals surface area (Å²) in [7, 11) is 0. The van der Waals surface area contributed by atoms with Gasteiger partial charge in [-0.15, -0.1) is 0 Å². The lowest BCUT2D eigenvalue weighted by Crippen LogP contribution is -2.28. The van der Waals surface area contributed by atoms with Crippen molar-refractivity contribution in [3.8, 4) is 0 Å². The predicted molar refractivity (Wildman–Crippen MR) is 107 cm³/mol. The zero-order valence-electron chi connectivity index (χ0n) is 15.7. The van der Waals surface area contributed by atoms with Crippen LogP contribution in [0.4, 0.5) is 11.4 Å². The van der Waals surface area contributed by atoms with Crippen LogP contribution in [0.5, 0.6) is 0 Å². The number of esters is 1. The number of halogens is 1. The Balaban J connectivity index is 1.54. The summed E-state index contributed by atoms with van der Waals surface area (Å²) in [5.41, 5.74) is 3.26. The number of nitrogens with zero attached hydrogens (tertiary/aromatic N) is 1. The lowest BCUT2D eigenvalue weighted by molar-refractivity contribution is -0.151. The number of hydrogen-bond acceptors (Lipinski definition) is 4. The van der Waals surface area contributed by atoms with Gasteiger partial charge in [0.2, 0.25) is 5.91 Å². The van der Waals surface area contributed by atoms with Crippen LogP contribution in [0.2, 0.25) is 5.02 Å². The van der Waals surface area contributed by atoms with Gasteiger partial charge >= 0.3 is 5.97 Å². The molecule has 28 heavy (non-hydrogen) atoms. The van der Waals surface area contributed by atoms with Gasteiger partial charge in [0.25, 0.3) is 5.91 Å². The molecule has 0 saturated carbocycles. The lowest BCUT2D eigenvalue weighted by Gasteiger charge is -2.17. The number of ether oxygens (including phenoxy) is 1. The van der Waals surface area contributed by atoms with Gasteiger partial charge in [-0.25, -0.2) is 0 Å². The fourth-order valence-corrected chi connectivity index (χ4v) is 3.40. The largest absolute Gasteiger partial charge is 0.455 e. The van der Waals surface area contributed by atoms with Gasteiger partial charge in [-0.1, -0.05) is 41.4 Å². The SMILES string of the molecule is Cc1ccc(NC(=O)COC(=O)[C@H]2CC(=O)N(c3ccccc3Cl)C2)c(C)c1. The fourth-order valence-electron chi connectivity index (χ4n) is 3.16. The minimum Gasteiger partial charge on any atom is -0.455 e. The molecule has 0 aliphatic carbocycles. The second kappa shape index (κ2) is 8.44. The molecule has 1 aliphatic rings. The number of benzene rings is 2. The summed E-state index contributed by atoms with van der Waals surface area (Å²) in [5, 5.41) is 3.17. The minimum absolute atomic E-state index is 0.0305. The molecule has 7 heteroatoms. The van der Waals surface area contributed by atoms with Crippen molar-refractivity contribution in [3.05, 3.63) is 58.6 Å². The Kier molecular flexibility index (Phi) is 5.99. The molecule has 0 aromatic heterocycles. The zero-order valence-corrected chi connectivity index (χ0v) is 16.5. The number of aryl methyl sites for hydroxylation is 2. The Labute approximate surface area is 168 Å². The van der Waals surface area contributed by atoms with E-state index >= 15 is 0 Å². The van der Waals surface area contributed by atoms with E-state index in [9.17, 15) is 14.4 Å². The first-order valence-corrected chi connectivity index (χ1v) is 9.31. The van der Waals surface area contributed by atoms with E-state index in [1.54, 1.807) is 24.3 Å². The highest BCUT2D eigenvalue weighted by molar-refractivity contribution is 6.33. The summed E-state index contributed by atoms with van der Waals surface area (Å²) >= 11 is 6.14. The maximum absolute atomic E-state index is 12.3. The van der Waals surface area contributed by atoms with Gasteiger partial charge in [0.05, 0.1) is 16.6 Å². The predicted octanol–water partition coefficient (Wildman–Crippen LogP) is 3.49. The molecule has 0 spiro atoms. The van der Waals surface area contributed by atoms with Crippen LogP contribution in [-0.4, -0.2) is 30.9 Å². The van der Waals surface area contributed by atoms with Gasteiger partial charge in [0, 0.05) is 18.7 Å². The molecule has 0 bridgehead atoms. The highest BCUT2D eigenvalue weighted by atomic mass is 35.5. The standard InChI is InChI=1S/C21H21ClN2O4/c1-13-7-8-17(14(2)9-13)23-19(25)12-28-21(27)15-10-20(26)24(11-15)18-6-4-3-5-16(18)22/h3-9,15H,10-12H2,1-2H3,(H,23,25)/t15-/m0/s1. The molecule has 1 saturated heterocycles. The van der Waals surface area contributed by atoms with Gasteiger partial charge in [-0.3, -0.25) is 14.4 Å². The summed E-state index contributed by atoms with van der Waals surface area (Å²) in [4.78, 5) is 38.1. The quantitative estimate of drug-likeness (QED) is 0.779. The smallest absolute Gasteiger partial charge is 0.311 e. The third kappa shape index (κ3) is 4.51. The minimum atomic E-state index is -0.627. The van der Waals surface area contributed by atoms with E-state index in [1.165, 1.54) is 4.90 Å². The van der Waals surface area contributed by atoms with Crippen LogP contribution in [0.25, 0.3) is 0 Å². The van der Waals surface area contributed by atoms with Crippen molar-refractivity contribution in [2.24, 2.45) is 5.92 Å². The Bertz CT molecular complexity index is 928. The van der Waals surface area contributed by atoms with E-state index in [0.29, 0.717) is 16.4 Å². The van der Waals surface area contributed by atoms with Crippen molar-refractivity contribution >= 4 is 40.8 Å². The number of anilines is 2. The van der Waals surface area contributed by atoms with Crippen LogP contribution in [0.1, 0.15) is 17.5 Å². The molecular formula is C21H21ClN2O4. The second-order valence-corrected chi connectivity index (χ2v) is 7.24. The topological polar surface area (TPSA) is 75.7 Å². The van der Waals surface area contributed by atoms with Gasteiger partial charge < -0.3 is 15.0 Å². The van der Waals surface area contributed by atoms with Crippen molar-refractivity contribution in [2.75, 3.05) is 23.4 Å². The van der Waals surface area contributed by atoms with Crippen LogP contribution in [0.3, 0.4) is 0 Å². The number of carbonyl (C=O) groups excluding carboxylic acids is 3. The molecule has 1 atom stereocenters. The van der Waals surface area contributed by atoms with E-state index in [2.05, 4.69) is 5.32 Å². The van der Waals surface area contributed by atoms with Crippen molar-refractivity contribution < 1.29 is 19.1 Å². The first kappa shape index (κ1) is 19.9. The molecule has 2 aromatic rings. The molecular weight excluding hydrogens is 380 g/mol. The molecule has 1 fully saturated rings. The Hall–Kier alpha value is -2.86. The molecule has 3 rings (SSSR count). The molecule has 1 aliphatic heterocycles. The van der Waals surface area contributed by atoms with Gasteiger partial charge in [-0.2, -0.15) is 0 Å². The zero-order chi connectivity index (χ0) is 20.3. The Morgan fingerprint density at radius 3 is 2.68 bits per heavy atom. The number of para-hydroxylation sites is 1. The summed E-state index contributed by atoms with van der Waals surface area (Å²) in [6.07, 6.45) is 0.0305. The molecule has 2 aromatic carbocycles. The van der Waals surface area contributed by atoms with Crippen LogP contribution < -0.4 is 10.2 Å². The van der Waals surface area contributed by atoms with Crippen molar-refractivity contribution in [1.82, 2.24) is 0 Å². The van der Waals surface area contributed by atoms with Gasteiger partial charge in [0.1, 0.15) is 0 Å². The third-order valence-corrected chi connectivity index (χ3v) is 4.92. The van der Waals surface area contributed by atoms with Crippen LogP contribution in [0, 0.1) is 19.8 Å². The van der Waals surface area contributed by atoms with Crippen molar-refractivity contribution in [3.63, 3.8) is 0 Å². The highest BCUT2D eigenvalue weighted by Crippen LogP contribution is 2.31. The number of rotatable bonds is 5. The number of carbonyl (C=O) groups is 3. The van der Waals surface area contributed by atoms with E-state index in [4.69, 9.17) is 16.3 Å². The molecule has 2 amide bonds. The summed E-state index contributed by atoms with van der Waals surface area (Å²) in [6, 6.07) is 12.6. The highest BCUT2D eigenvalue weighted by Gasteiger charge is 2.37. The van der Waals surface area contributed by atoms with Gasteiger partial charge in [0.15, 0.2) is 6.61 Å². The van der Waals surface area contributed by atoms with Crippen molar-refractivity contribution in [2.45, 2.75) is 20.3 Å². The second-order valence-electron chi connectivity index (χ2n) is 6.83. The number of amides is 2. The van der Waals surface area contributed by atoms with E-state index in [-0.39, 0.29) is 18.9 Å². The monoisotopic (exact) mass is 400 g/mol. The normalized spacial score (nSPS) is 16.2. The molecule has 6 nitrogen and oxygen atoms in total. The Morgan fingerprint density at radius 2 is 1.96 bits per heavy atom. The van der Waals surface area contributed by atoms with Crippen LogP contribution >= 0.6 is 11.6 Å². The fraction of sp³-hybridized carbons (Fsp3) is 0.286. The first-order chi connectivity index (χ1) is 13.3. The van der Waals surface area contributed by atoms with Crippen molar-refractivity contribution in [1.29, 1.82) is 0 Å².